The van der Waals surface area contributed by atoms with E-state index < -0.39 is 92.7 Å². The van der Waals surface area contributed by atoms with Gasteiger partial charge in [0, 0.05) is 12.8 Å². The molecule has 72 heavy (non-hydrogen) atoms. The molecule has 2 saturated heterocycles. The van der Waals surface area contributed by atoms with Gasteiger partial charge in [0.25, 0.3) is 0 Å². The van der Waals surface area contributed by atoms with E-state index in [9.17, 15) is 45.3 Å². The molecule has 0 radical (unpaired) electrons. The van der Waals surface area contributed by atoms with Gasteiger partial charge in [0.2, 0.25) is 0 Å². The number of aliphatic hydroxyl groups is 7. The summed E-state index contributed by atoms with van der Waals surface area (Å²) >= 11 is 0. The molecule has 15 heteroatoms. The van der Waals surface area contributed by atoms with Crippen LogP contribution >= 0.6 is 0 Å². The van der Waals surface area contributed by atoms with Gasteiger partial charge >= 0.3 is 11.9 Å². The minimum atomic E-state index is -1.77. The number of unbranched alkanes of at least 4 members (excludes halogenated alkanes) is 22. The fourth-order valence-electron chi connectivity index (χ4n) is 8.70. The Bertz CT molecular complexity index is 1440. The monoisotopic (exact) mass is 1020 g/mol. The Morgan fingerprint density at radius 3 is 1.39 bits per heavy atom. The van der Waals surface area contributed by atoms with E-state index in [1.807, 2.05) is 0 Å². The molecule has 4 unspecified atom stereocenters. The average Bonchev–Trinajstić information content (AvgIpc) is 3.37. The summed E-state index contributed by atoms with van der Waals surface area (Å²) in [7, 11) is 0. The molecule has 2 fully saturated rings. The van der Waals surface area contributed by atoms with Crippen LogP contribution in [0.15, 0.2) is 48.6 Å². The molecule has 2 aliphatic heterocycles. The molecule has 0 spiro atoms. The Balaban J connectivity index is 1.76. The van der Waals surface area contributed by atoms with Crippen molar-refractivity contribution in [1.29, 1.82) is 0 Å². The lowest BCUT2D eigenvalue weighted by molar-refractivity contribution is -0.332. The Morgan fingerprint density at radius 1 is 0.458 bits per heavy atom. The second kappa shape index (κ2) is 43.7. The first kappa shape index (κ1) is 65.6. The van der Waals surface area contributed by atoms with Crippen molar-refractivity contribution in [1.82, 2.24) is 0 Å². The molecular formula is C57H100O15. The topological polar surface area (TPSA) is 231 Å². The number of ether oxygens (including phenoxy) is 6. The van der Waals surface area contributed by atoms with E-state index in [2.05, 4.69) is 62.5 Å². The zero-order chi connectivity index (χ0) is 52.4. The van der Waals surface area contributed by atoms with Gasteiger partial charge in [-0.1, -0.05) is 172 Å². The number of aliphatic hydroxyl groups excluding tert-OH is 7. The van der Waals surface area contributed by atoms with Gasteiger partial charge in [0.05, 0.1) is 19.8 Å². The Kier molecular flexibility index (Phi) is 39.8. The fourth-order valence-corrected chi connectivity index (χ4v) is 8.70. The summed E-state index contributed by atoms with van der Waals surface area (Å²) in [5.41, 5.74) is 0. The third kappa shape index (κ3) is 30.7. The van der Waals surface area contributed by atoms with Crippen LogP contribution in [-0.2, 0) is 38.0 Å². The molecule has 0 saturated carbocycles. The molecule has 0 aromatic rings. The van der Waals surface area contributed by atoms with Crippen molar-refractivity contribution >= 4 is 11.9 Å². The molecule has 2 heterocycles. The third-order valence-corrected chi connectivity index (χ3v) is 13.3. The third-order valence-electron chi connectivity index (χ3n) is 13.3. The molecule has 0 bridgehead atoms. The van der Waals surface area contributed by atoms with Gasteiger partial charge in [-0.3, -0.25) is 9.59 Å². The van der Waals surface area contributed by atoms with Crippen LogP contribution in [0, 0.1) is 0 Å². The highest BCUT2D eigenvalue weighted by Gasteiger charge is 2.47. The molecular weight excluding hydrogens is 925 g/mol. The number of hydrogen-bond acceptors (Lipinski definition) is 15. The quantitative estimate of drug-likeness (QED) is 0.0171. The molecule has 7 N–H and O–H groups in total. The van der Waals surface area contributed by atoms with Crippen molar-refractivity contribution in [2.45, 2.75) is 274 Å². The first-order valence-corrected chi connectivity index (χ1v) is 28.2. The molecule has 15 nitrogen and oxygen atoms in total. The lowest BCUT2D eigenvalue weighted by Gasteiger charge is -2.42. The molecule has 418 valence electrons. The zero-order valence-electron chi connectivity index (χ0n) is 44.4. The van der Waals surface area contributed by atoms with Crippen LogP contribution in [0.1, 0.15) is 206 Å². The summed E-state index contributed by atoms with van der Waals surface area (Å²) in [6.45, 7) is 2.47. The minimum absolute atomic E-state index is 0.145. The van der Waals surface area contributed by atoms with Crippen molar-refractivity contribution < 1.29 is 73.8 Å². The van der Waals surface area contributed by atoms with E-state index in [0.29, 0.717) is 12.8 Å². The van der Waals surface area contributed by atoms with Crippen molar-refractivity contribution in [2.24, 2.45) is 0 Å². The number of allylic oxidation sites excluding steroid dienone is 8. The van der Waals surface area contributed by atoms with Crippen molar-refractivity contribution in [3.8, 4) is 0 Å². The summed E-state index contributed by atoms with van der Waals surface area (Å²) < 4.78 is 33.6. The molecule has 0 aromatic carbocycles. The smallest absolute Gasteiger partial charge is 0.306 e. The maximum atomic E-state index is 13.0. The van der Waals surface area contributed by atoms with E-state index in [1.54, 1.807) is 0 Å². The maximum absolute atomic E-state index is 13.0. The van der Waals surface area contributed by atoms with Gasteiger partial charge < -0.3 is 64.2 Å². The molecule has 2 aliphatic rings. The van der Waals surface area contributed by atoms with Gasteiger partial charge in [0.1, 0.15) is 55.4 Å². The summed E-state index contributed by atoms with van der Waals surface area (Å²) in [6, 6.07) is 0. The summed E-state index contributed by atoms with van der Waals surface area (Å²) in [4.78, 5) is 25.8. The number of esters is 2. The Labute approximate surface area is 433 Å². The SMILES string of the molecule is CC/C=C/C/C=C/C/C=C/CCCCCCCC(=O)O[C@@H](COC(=O)CCCCCCCCCCCCC/C=C/CCCCCCCC)CO[C@@H]1O[C@H](CO[C@@H]2O[C@H](CO)[C@H](O)C(O)C2O)[C@H](O)C(O)C1O. The van der Waals surface area contributed by atoms with Gasteiger partial charge in [-0.15, -0.1) is 0 Å². The summed E-state index contributed by atoms with van der Waals surface area (Å²) in [5, 5.41) is 72.2. The Morgan fingerprint density at radius 2 is 0.875 bits per heavy atom. The van der Waals surface area contributed by atoms with E-state index in [-0.39, 0.29) is 26.1 Å². The van der Waals surface area contributed by atoms with Crippen LogP contribution in [0.3, 0.4) is 0 Å². The van der Waals surface area contributed by atoms with Gasteiger partial charge in [-0.25, -0.2) is 0 Å². The molecule has 0 aliphatic carbocycles. The van der Waals surface area contributed by atoms with E-state index in [1.165, 1.54) is 96.3 Å². The first-order valence-electron chi connectivity index (χ1n) is 28.2. The largest absolute Gasteiger partial charge is 0.462 e. The number of carbonyl (C=O) groups excluding carboxylic acids is 2. The highest BCUT2D eigenvalue weighted by atomic mass is 16.7. The standard InChI is InChI=1S/C57H100O15/c1-3-5-7-9-11-13-15-17-19-20-21-22-23-24-26-27-29-31-33-35-37-39-48(59)67-42-45(70-49(60)40-38-36-34-32-30-28-25-18-16-14-12-10-8-6-4-2)43-68-56-55(66)53(64)51(62)47(72-56)44-69-57-54(65)52(63)50(61)46(41-58)71-57/h6,8,12,14,17-19,25,45-47,50-58,61-66H,3-5,7,9-11,13,15-16,20-24,26-44H2,1-2H3/b8-6+,14-12+,19-17+,25-18+/t45-,46+,47+,50-,51-,52?,53?,54?,55?,56+,57+/m0/s1. The van der Waals surface area contributed by atoms with Crippen LogP contribution < -0.4 is 0 Å². The van der Waals surface area contributed by atoms with E-state index in [4.69, 9.17) is 28.4 Å². The average molecular weight is 1030 g/mol. The van der Waals surface area contributed by atoms with Crippen molar-refractivity contribution in [3.63, 3.8) is 0 Å². The molecule has 2 rings (SSSR count). The summed E-state index contributed by atoms with van der Waals surface area (Å²) in [5.74, 6) is -0.942. The van der Waals surface area contributed by atoms with E-state index >= 15 is 0 Å². The second-order valence-corrected chi connectivity index (χ2v) is 19.7. The van der Waals surface area contributed by atoms with Gasteiger partial charge in [-0.2, -0.15) is 0 Å². The first-order chi connectivity index (χ1) is 35.0. The van der Waals surface area contributed by atoms with Crippen LogP contribution in [0.5, 0.6) is 0 Å². The van der Waals surface area contributed by atoms with Crippen LogP contribution in [0.4, 0.5) is 0 Å². The Hall–Kier alpha value is -2.54. The number of hydrogen-bond donors (Lipinski definition) is 7. The van der Waals surface area contributed by atoms with E-state index in [0.717, 1.165) is 70.6 Å². The lowest BCUT2D eigenvalue weighted by atomic mass is 9.98. The number of rotatable bonds is 44. The highest BCUT2D eigenvalue weighted by molar-refractivity contribution is 5.70. The fraction of sp³-hybridized carbons (Fsp3) is 0.825. The predicted molar refractivity (Wildman–Crippen MR) is 280 cm³/mol. The molecule has 0 aromatic heterocycles. The minimum Gasteiger partial charge on any atom is -0.462 e. The maximum Gasteiger partial charge on any atom is 0.306 e. The predicted octanol–water partition coefficient (Wildman–Crippen LogP) is 9.05. The lowest BCUT2D eigenvalue weighted by Crippen LogP contribution is -2.61. The van der Waals surface area contributed by atoms with Crippen LogP contribution in [0.2, 0.25) is 0 Å². The van der Waals surface area contributed by atoms with Crippen LogP contribution in [0.25, 0.3) is 0 Å². The van der Waals surface area contributed by atoms with Crippen LogP contribution in [-0.4, -0.2) is 142 Å². The molecule has 0 amide bonds. The van der Waals surface area contributed by atoms with Crippen molar-refractivity contribution in [3.05, 3.63) is 48.6 Å². The number of carbonyl (C=O) groups is 2. The highest BCUT2D eigenvalue weighted by Crippen LogP contribution is 2.27. The second-order valence-electron chi connectivity index (χ2n) is 19.7. The zero-order valence-corrected chi connectivity index (χ0v) is 44.4. The van der Waals surface area contributed by atoms with Gasteiger partial charge in [-0.05, 0) is 70.6 Å². The molecule has 11 atom stereocenters. The summed E-state index contributed by atoms with van der Waals surface area (Å²) in [6.07, 6.45) is 32.8. The normalized spacial score (nSPS) is 25.3. The van der Waals surface area contributed by atoms with Crippen molar-refractivity contribution in [2.75, 3.05) is 26.4 Å². The van der Waals surface area contributed by atoms with Gasteiger partial charge in [0.15, 0.2) is 18.7 Å².